The predicted octanol–water partition coefficient (Wildman–Crippen LogP) is 2.04. The first kappa shape index (κ1) is 21.0. The molecule has 9 heteroatoms. The van der Waals surface area contributed by atoms with Crippen molar-refractivity contribution in [1.29, 1.82) is 0 Å². The molecule has 0 unspecified atom stereocenters. The molecule has 0 fully saturated rings. The highest BCUT2D eigenvalue weighted by Gasteiger charge is 2.16. The number of nitrogens with one attached hydrogen (secondary N) is 2. The Kier molecular flexibility index (Phi) is 7.58. The number of carboxylic acid groups (broad SMARTS) is 1. The zero-order chi connectivity index (χ0) is 20.5. The van der Waals surface area contributed by atoms with Gasteiger partial charge in [-0.1, -0.05) is 6.07 Å². The normalized spacial score (nSPS) is 10.5. The molecule has 0 bridgehead atoms. The molecule has 2 aromatic rings. The number of aliphatic carboxylic acids is 1. The number of carbonyl (C=O) groups is 3. The van der Waals surface area contributed by atoms with E-state index in [4.69, 9.17) is 9.47 Å². The maximum Gasteiger partial charge on any atom is 0.265 e. The van der Waals surface area contributed by atoms with E-state index in [1.807, 2.05) is 0 Å². The zero-order valence-corrected chi connectivity index (χ0v) is 16.1. The fourth-order valence-corrected chi connectivity index (χ4v) is 2.83. The minimum absolute atomic E-state index is 0.271. The van der Waals surface area contributed by atoms with E-state index < -0.39 is 11.9 Å². The second-order valence-corrected chi connectivity index (χ2v) is 6.23. The van der Waals surface area contributed by atoms with Crippen LogP contribution >= 0.6 is 11.3 Å². The van der Waals surface area contributed by atoms with Crippen LogP contribution in [0.25, 0.3) is 0 Å². The van der Waals surface area contributed by atoms with Crippen molar-refractivity contribution >= 4 is 40.5 Å². The minimum Gasteiger partial charge on any atom is -0.545 e. The third-order valence-electron chi connectivity index (χ3n) is 3.30. The Hall–Kier alpha value is -3.33. The Bertz CT molecular complexity index is 877. The molecule has 2 rings (SSSR count). The lowest BCUT2D eigenvalue weighted by Crippen LogP contribution is -2.20. The van der Waals surface area contributed by atoms with Gasteiger partial charge in [-0.3, -0.25) is 9.59 Å². The van der Waals surface area contributed by atoms with Gasteiger partial charge in [0.15, 0.2) is 0 Å². The molecule has 0 radical (unpaired) electrons. The molecule has 2 N–H and O–H groups in total. The maximum atomic E-state index is 12.4. The van der Waals surface area contributed by atoms with E-state index in [1.54, 1.807) is 31.4 Å². The molecule has 8 nitrogen and oxygen atoms in total. The fraction of sp³-hybridized carbons (Fsp3) is 0.211. The Labute approximate surface area is 165 Å². The number of thiophene rings is 1. The molecule has 0 atom stereocenters. The number of carboxylic acids is 1. The highest BCUT2D eigenvalue weighted by molar-refractivity contribution is 7.12. The van der Waals surface area contributed by atoms with Crippen LogP contribution in [0.5, 0.6) is 11.5 Å². The van der Waals surface area contributed by atoms with E-state index in [9.17, 15) is 19.5 Å². The first-order chi connectivity index (χ1) is 13.4. The van der Waals surface area contributed by atoms with Gasteiger partial charge in [0.25, 0.3) is 5.91 Å². The Morgan fingerprint density at radius 1 is 1.04 bits per heavy atom. The van der Waals surface area contributed by atoms with Crippen LogP contribution in [0.3, 0.4) is 0 Å². The van der Waals surface area contributed by atoms with Crippen LogP contribution in [0.4, 0.5) is 11.4 Å². The van der Waals surface area contributed by atoms with Gasteiger partial charge in [0.05, 0.1) is 35.4 Å². The number of anilines is 2. The summed E-state index contributed by atoms with van der Waals surface area (Å²) in [4.78, 5) is 35.3. The summed E-state index contributed by atoms with van der Waals surface area (Å²) in [6, 6.07) is 6.51. The molecule has 0 aliphatic heterocycles. The van der Waals surface area contributed by atoms with Crippen LogP contribution in [-0.4, -0.2) is 31.0 Å². The molecule has 1 aromatic heterocycles. The van der Waals surface area contributed by atoms with Crippen molar-refractivity contribution in [1.82, 2.24) is 0 Å². The molecule has 2 amide bonds. The standard InChI is InChI=1S/C19H20N2O6S/c1-3-26-14-11-13(21-19(25)16-6-5-9-28-16)15(27-4-2)10-12(14)20-17(22)7-8-18(23)24/h5-11H,3-4H2,1-2H3,(H,20,22)(H,21,25)(H,23,24)/p-1/b8-7+. The zero-order valence-electron chi connectivity index (χ0n) is 15.3. The van der Waals surface area contributed by atoms with Gasteiger partial charge < -0.3 is 30.0 Å². The number of rotatable bonds is 9. The molecule has 148 valence electrons. The van der Waals surface area contributed by atoms with Crippen molar-refractivity contribution in [3.63, 3.8) is 0 Å². The van der Waals surface area contributed by atoms with Crippen LogP contribution in [0.15, 0.2) is 41.8 Å². The predicted molar refractivity (Wildman–Crippen MR) is 104 cm³/mol. The second kappa shape index (κ2) is 10.1. The molecule has 0 aliphatic carbocycles. The highest BCUT2D eigenvalue weighted by Crippen LogP contribution is 2.37. The van der Waals surface area contributed by atoms with Gasteiger partial charge in [-0.25, -0.2) is 0 Å². The molecule has 0 saturated carbocycles. The van der Waals surface area contributed by atoms with Crippen molar-refractivity contribution in [2.24, 2.45) is 0 Å². The smallest absolute Gasteiger partial charge is 0.265 e. The van der Waals surface area contributed by atoms with Crippen molar-refractivity contribution in [2.45, 2.75) is 13.8 Å². The Morgan fingerprint density at radius 3 is 2.14 bits per heavy atom. The van der Waals surface area contributed by atoms with Crippen molar-refractivity contribution in [3.8, 4) is 11.5 Å². The molecule has 28 heavy (non-hydrogen) atoms. The fourth-order valence-electron chi connectivity index (χ4n) is 2.21. The molecule has 0 aliphatic rings. The third-order valence-corrected chi connectivity index (χ3v) is 4.17. The Balaban J connectivity index is 2.35. The van der Waals surface area contributed by atoms with Crippen molar-refractivity contribution < 1.29 is 29.0 Å². The summed E-state index contributed by atoms with van der Waals surface area (Å²) in [6.45, 7) is 4.18. The number of ether oxygens (including phenoxy) is 2. The second-order valence-electron chi connectivity index (χ2n) is 5.28. The SMILES string of the molecule is CCOc1cc(NC(=O)c2cccs2)c(OCC)cc1NC(=O)/C=C/C(=O)[O-]. The van der Waals surface area contributed by atoms with Gasteiger partial charge in [0.2, 0.25) is 5.91 Å². The van der Waals surface area contributed by atoms with E-state index in [0.717, 1.165) is 6.08 Å². The van der Waals surface area contributed by atoms with Crippen molar-refractivity contribution in [3.05, 3.63) is 46.7 Å². The number of hydrogen-bond acceptors (Lipinski definition) is 7. The summed E-state index contributed by atoms with van der Waals surface area (Å²) in [6.07, 6.45) is 1.45. The molecule has 0 spiro atoms. The topological polar surface area (TPSA) is 117 Å². The van der Waals surface area contributed by atoms with Gasteiger partial charge in [-0.2, -0.15) is 0 Å². The molecule has 1 aromatic carbocycles. The monoisotopic (exact) mass is 403 g/mol. The number of carbonyl (C=O) groups excluding carboxylic acids is 3. The minimum atomic E-state index is -1.48. The average molecular weight is 403 g/mol. The first-order valence-electron chi connectivity index (χ1n) is 8.43. The van der Waals surface area contributed by atoms with E-state index in [2.05, 4.69) is 10.6 Å². The van der Waals surface area contributed by atoms with E-state index in [1.165, 1.54) is 23.5 Å². The summed E-state index contributed by atoms with van der Waals surface area (Å²) in [7, 11) is 0. The van der Waals surface area contributed by atoms with Crippen LogP contribution in [0.1, 0.15) is 23.5 Å². The van der Waals surface area contributed by atoms with E-state index in [-0.39, 0.29) is 11.6 Å². The molecule has 1 heterocycles. The highest BCUT2D eigenvalue weighted by atomic mass is 32.1. The molecule has 0 saturated heterocycles. The van der Waals surface area contributed by atoms with Crippen LogP contribution in [0, 0.1) is 0 Å². The van der Waals surface area contributed by atoms with E-state index >= 15 is 0 Å². The maximum absolute atomic E-state index is 12.4. The van der Waals surface area contributed by atoms with Gasteiger partial charge >= 0.3 is 0 Å². The van der Waals surface area contributed by atoms with Gasteiger partial charge in [-0.05, 0) is 31.4 Å². The number of hydrogen-bond donors (Lipinski definition) is 2. The number of amides is 2. The largest absolute Gasteiger partial charge is 0.545 e. The summed E-state index contributed by atoms with van der Waals surface area (Å²) in [5, 5.41) is 17.5. The summed E-state index contributed by atoms with van der Waals surface area (Å²) >= 11 is 1.30. The Morgan fingerprint density at radius 2 is 1.64 bits per heavy atom. The quantitative estimate of drug-likeness (QED) is 0.619. The summed E-state index contributed by atoms with van der Waals surface area (Å²) in [5.74, 6) is -1.84. The van der Waals surface area contributed by atoms with Gasteiger partial charge in [-0.15, -0.1) is 11.3 Å². The number of benzene rings is 1. The lowest BCUT2D eigenvalue weighted by atomic mass is 10.2. The molecular formula is C19H19N2O6S-. The van der Waals surface area contributed by atoms with E-state index in [0.29, 0.717) is 41.4 Å². The lowest BCUT2D eigenvalue weighted by Gasteiger charge is -2.17. The van der Waals surface area contributed by atoms with Crippen molar-refractivity contribution in [2.75, 3.05) is 23.8 Å². The summed E-state index contributed by atoms with van der Waals surface area (Å²) in [5.41, 5.74) is 0.652. The average Bonchev–Trinajstić information content (AvgIpc) is 3.18. The van der Waals surface area contributed by atoms with Gasteiger partial charge in [0.1, 0.15) is 11.5 Å². The lowest BCUT2D eigenvalue weighted by molar-refractivity contribution is -0.297. The summed E-state index contributed by atoms with van der Waals surface area (Å²) < 4.78 is 11.1. The molecular weight excluding hydrogens is 384 g/mol. The third kappa shape index (κ3) is 5.85. The van der Waals surface area contributed by atoms with Crippen LogP contribution in [0.2, 0.25) is 0 Å². The van der Waals surface area contributed by atoms with Crippen LogP contribution < -0.4 is 25.2 Å². The first-order valence-corrected chi connectivity index (χ1v) is 9.31. The van der Waals surface area contributed by atoms with Crippen LogP contribution in [-0.2, 0) is 9.59 Å². The van der Waals surface area contributed by atoms with Gasteiger partial charge in [0, 0.05) is 18.2 Å².